The summed E-state index contributed by atoms with van der Waals surface area (Å²) in [5.74, 6) is 0.155. The number of Topliss-reactive ketones (excluding diaryl/α,β-unsaturated/α-hetero) is 1. The molecular formula is C22H21N2OS+. The Bertz CT molecular complexity index is 1010. The SMILES string of the molecule is C[NH+](Cc1cccs1)[C@@H](C(=O)c1c[nH]c2ccccc12)c1ccccc1. The molecule has 0 fully saturated rings. The van der Waals surface area contributed by atoms with Gasteiger partial charge in [0.25, 0.3) is 0 Å². The molecule has 0 saturated carbocycles. The summed E-state index contributed by atoms with van der Waals surface area (Å²) in [5, 5.41) is 3.07. The maximum atomic E-state index is 13.6. The number of thiophene rings is 1. The van der Waals surface area contributed by atoms with Gasteiger partial charge < -0.3 is 9.88 Å². The molecule has 0 saturated heterocycles. The predicted octanol–water partition coefficient (Wildman–Crippen LogP) is 3.87. The van der Waals surface area contributed by atoms with E-state index in [1.807, 2.05) is 48.7 Å². The van der Waals surface area contributed by atoms with Crippen LogP contribution >= 0.6 is 11.3 Å². The summed E-state index contributed by atoms with van der Waals surface area (Å²) < 4.78 is 0. The van der Waals surface area contributed by atoms with E-state index in [4.69, 9.17) is 0 Å². The number of para-hydroxylation sites is 1. The van der Waals surface area contributed by atoms with Gasteiger partial charge in [0.2, 0.25) is 5.78 Å². The van der Waals surface area contributed by atoms with E-state index >= 15 is 0 Å². The van der Waals surface area contributed by atoms with Gasteiger partial charge in [-0.25, -0.2) is 0 Å². The first kappa shape index (κ1) is 16.8. The van der Waals surface area contributed by atoms with Crippen molar-refractivity contribution in [3.8, 4) is 0 Å². The number of likely N-dealkylation sites (N-methyl/N-ethyl adjacent to an activating group) is 1. The van der Waals surface area contributed by atoms with Crippen LogP contribution in [0.5, 0.6) is 0 Å². The van der Waals surface area contributed by atoms with Crippen molar-refractivity contribution in [3.05, 3.63) is 94.3 Å². The summed E-state index contributed by atoms with van der Waals surface area (Å²) in [6.45, 7) is 0.825. The van der Waals surface area contributed by atoms with Crippen LogP contribution in [0.1, 0.15) is 26.8 Å². The first-order chi connectivity index (χ1) is 12.7. The molecule has 26 heavy (non-hydrogen) atoms. The predicted molar refractivity (Wildman–Crippen MR) is 107 cm³/mol. The molecule has 4 heteroatoms. The average Bonchev–Trinajstić information content (AvgIpc) is 3.32. The molecule has 0 spiro atoms. The first-order valence-electron chi connectivity index (χ1n) is 8.74. The van der Waals surface area contributed by atoms with E-state index in [0.717, 1.165) is 28.6 Å². The highest BCUT2D eigenvalue weighted by Crippen LogP contribution is 2.23. The zero-order valence-corrected chi connectivity index (χ0v) is 15.4. The summed E-state index contributed by atoms with van der Waals surface area (Å²) >= 11 is 1.74. The van der Waals surface area contributed by atoms with Crippen molar-refractivity contribution < 1.29 is 9.69 Å². The number of ketones is 1. The van der Waals surface area contributed by atoms with Gasteiger partial charge in [-0.15, -0.1) is 11.3 Å². The Hall–Kier alpha value is -2.69. The Morgan fingerprint density at radius 3 is 2.58 bits per heavy atom. The molecule has 3 nitrogen and oxygen atoms in total. The van der Waals surface area contributed by atoms with Crippen LogP contribution in [-0.2, 0) is 6.54 Å². The normalized spacial score (nSPS) is 13.6. The quantitative estimate of drug-likeness (QED) is 0.503. The molecule has 0 aliphatic carbocycles. The van der Waals surface area contributed by atoms with E-state index in [9.17, 15) is 4.79 Å². The number of carbonyl (C=O) groups is 1. The highest BCUT2D eigenvalue weighted by atomic mass is 32.1. The Morgan fingerprint density at radius 1 is 1.04 bits per heavy atom. The highest BCUT2D eigenvalue weighted by molar-refractivity contribution is 7.09. The average molecular weight is 361 g/mol. The minimum absolute atomic E-state index is 0.155. The smallest absolute Gasteiger partial charge is 0.226 e. The van der Waals surface area contributed by atoms with Crippen LogP contribution in [0.15, 0.2) is 78.3 Å². The van der Waals surface area contributed by atoms with Crippen molar-refractivity contribution in [3.63, 3.8) is 0 Å². The maximum absolute atomic E-state index is 13.6. The molecule has 1 unspecified atom stereocenters. The number of hydrogen-bond donors (Lipinski definition) is 2. The number of fused-ring (bicyclic) bond motifs is 1. The summed E-state index contributed by atoms with van der Waals surface area (Å²) in [5.41, 5.74) is 2.82. The molecule has 0 aliphatic heterocycles. The minimum atomic E-state index is -0.238. The largest absolute Gasteiger partial charge is 0.360 e. The van der Waals surface area contributed by atoms with Crippen molar-refractivity contribution in [1.29, 1.82) is 0 Å². The second-order valence-electron chi connectivity index (χ2n) is 6.56. The molecule has 0 amide bonds. The second-order valence-corrected chi connectivity index (χ2v) is 7.59. The van der Waals surface area contributed by atoms with Crippen molar-refractivity contribution in [2.45, 2.75) is 12.6 Å². The van der Waals surface area contributed by atoms with Crippen LogP contribution in [0.2, 0.25) is 0 Å². The molecule has 4 rings (SSSR count). The Kier molecular flexibility index (Phi) is 4.69. The third kappa shape index (κ3) is 3.21. The third-order valence-corrected chi connectivity index (χ3v) is 5.65. The van der Waals surface area contributed by atoms with Gasteiger partial charge in [-0.3, -0.25) is 4.79 Å². The lowest BCUT2D eigenvalue weighted by atomic mass is 9.96. The number of rotatable bonds is 6. The molecule has 0 radical (unpaired) electrons. The number of carbonyl (C=O) groups excluding carboxylic acids is 1. The van der Waals surface area contributed by atoms with Gasteiger partial charge in [0, 0.05) is 28.2 Å². The Labute approximate surface area is 156 Å². The zero-order chi connectivity index (χ0) is 17.9. The highest BCUT2D eigenvalue weighted by Gasteiger charge is 2.31. The number of benzene rings is 2. The maximum Gasteiger partial charge on any atom is 0.226 e. The van der Waals surface area contributed by atoms with Crippen molar-refractivity contribution in [1.82, 2.24) is 4.98 Å². The van der Waals surface area contributed by atoms with E-state index < -0.39 is 0 Å². The molecule has 2 atom stereocenters. The summed E-state index contributed by atoms with van der Waals surface area (Å²) in [7, 11) is 2.10. The van der Waals surface area contributed by atoms with Gasteiger partial charge >= 0.3 is 0 Å². The van der Waals surface area contributed by atoms with Gasteiger partial charge in [0.05, 0.1) is 11.9 Å². The fourth-order valence-corrected chi connectivity index (χ4v) is 4.33. The van der Waals surface area contributed by atoms with Crippen LogP contribution in [0.25, 0.3) is 10.9 Å². The number of quaternary nitrogens is 1. The fraction of sp³-hybridized carbons (Fsp3) is 0.136. The fourth-order valence-electron chi connectivity index (χ4n) is 3.53. The molecule has 2 heterocycles. The molecule has 4 aromatic rings. The number of aromatic nitrogens is 1. The summed E-state index contributed by atoms with van der Waals surface area (Å²) in [4.78, 5) is 19.2. The lowest BCUT2D eigenvalue weighted by molar-refractivity contribution is -0.915. The Balaban J connectivity index is 1.73. The van der Waals surface area contributed by atoms with E-state index in [1.165, 1.54) is 9.78 Å². The van der Waals surface area contributed by atoms with Crippen molar-refractivity contribution in [2.75, 3.05) is 7.05 Å². The van der Waals surface area contributed by atoms with Gasteiger partial charge in [-0.05, 0) is 17.5 Å². The Morgan fingerprint density at radius 2 is 1.81 bits per heavy atom. The third-order valence-electron chi connectivity index (χ3n) is 4.78. The minimum Gasteiger partial charge on any atom is -0.360 e. The van der Waals surface area contributed by atoms with Crippen LogP contribution in [0.4, 0.5) is 0 Å². The summed E-state index contributed by atoms with van der Waals surface area (Å²) in [6.07, 6.45) is 1.85. The van der Waals surface area contributed by atoms with Crippen molar-refractivity contribution >= 4 is 28.0 Å². The van der Waals surface area contributed by atoms with E-state index in [0.29, 0.717) is 0 Å². The first-order valence-corrected chi connectivity index (χ1v) is 9.62. The summed E-state index contributed by atoms with van der Waals surface area (Å²) in [6, 6.07) is 22.0. The van der Waals surface area contributed by atoms with Gasteiger partial charge in [-0.2, -0.15) is 0 Å². The van der Waals surface area contributed by atoms with Gasteiger partial charge in [-0.1, -0.05) is 54.6 Å². The van der Waals surface area contributed by atoms with Gasteiger partial charge in [0.1, 0.15) is 6.54 Å². The standard InChI is InChI=1S/C22H20N2OS/c1-24(15-17-10-7-13-26-17)21(16-8-3-2-4-9-16)22(25)19-14-23-20-12-6-5-11-18(19)20/h2-14,21,23H,15H2,1H3/p+1/t21-/m1/s1. The van der Waals surface area contributed by atoms with E-state index in [-0.39, 0.29) is 11.8 Å². The molecule has 130 valence electrons. The van der Waals surface area contributed by atoms with E-state index in [2.05, 4.69) is 41.7 Å². The molecule has 2 aromatic heterocycles. The zero-order valence-electron chi connectivity index (χ0n) is 14.6. The van der Waals surface area contributed by atoms with Crippen molar-refractivity contribution in [2.24, 2.45) is 0 Å². The number of aromatic amines is 1. The molecule has 2 N–H and O–H groups in total. The molecule has 0 aliphatic rings. The van der Waals surface area contributed by atoms with Crippen LogP contribution in [0.3, 0.4) is 0 Å². The number of nitrogens with one attached hydrogen (secondary N) is 2. The van der Waals surface area contributed by atoms with E-state index in [1.54, 1.807) is 11.3 Å². The van der Waals surface area contributed by atoms with Gasteiger partial charge in [0.15, 0.2) is 6.04 Å². The second kappa shape index (κ2) is 7.28. The number of H-pyrrole nitrogens is 1. The monoisotopic (exact) mass is 361 g/mol. The van der Waals surface area contributed by atoms with Crippen LogP contribution in [0, 0.1) is 0 Å². The molecular weight excluding hydrogens is 340 g/mol. The topological polar surface area (TPSA) is 37.3 Å². The number of hydrogen-bond acceptors (Lipinski definition) is 2. The molecule has 0 bridgehead atoms. The van der Waals surface area contributed by atoms with Crippen LogP contribution < -0.4 is 4.90 Å². The lowest BCUT2D eigenvalue weighted by Crippen LogP contribution is -3.08. The molecule has 2 aromatic carbocycles. The lowest BCUT2D eigenvalue weighted by Gasteiger charge is -2.24. The van der Waals surface area contributed by atoms with Crippen LogP contribution in [-0.4, -0.2) is 17.8 Å².